The highest BCUT2D eigenvalue weighted by molar-refractivity contribution is 8.13. The molecular weight excluding hydrogens is 509 g/mol. The molecule has 1 aromatic carbocycles. The molecule has 2 heterocycles. The number of benzene rings is 1. The maximum absolute atomic E-state index is 15.5. The van der Waals surface area contributed by atoms with Crippen molar-refractivity contribution in [3.05, 3.63) is 59.2 Å². The van der Waals surface area contributed by atoms with Gasteiger partial charge in [-0.3, -0.25) is 15.1 Å². The molecule has 1 saturated carbocycles. The Kier molecular flexibility index (Phi) is 8.04. The van der Waals surface area contributed by atoms with Crippen molar-refractivity contribution in [3.63, 3.8) is 0 Å². The molecule has 1 aliphatic carbocycles. The average molecular weight is 540 g/mol. The van der Waals surface area contributed by atoms with Crippen molar-refractivity contribution in [2.75, 3.05) is 17.7 Å². The number of ether oxygens (including phenoxy) is 2. The fourth-order valence-corrected chi connectivity index (χ4v) is 5.93. The number of nitrogens with one attached hydrogen (secondary N) is 2. The Hall–Kier alpha value is -3.49. The molecule has 0 saturated heterocycles. The summed E-state index contributed by atoms with van der Waals surface area (Å²) in [5, 5.41) is 14.8. The molecule has 2 amide bonds. The van der Waals surface area contributed by atoms with Crippen LogP contribution < -0.4 is 10.6 Å². The number of hydrogen-bond donors (Lipinski definition) is 2. The fourth-order valence-electron chi connectivity index (χ4n) is 4.78. The second kappa shape index (κ2) is 11.1. The lowest BCUT2D eigenvalue weighted by molar-refractivity contribution is 0.0563. The van der Waals surface area contributed by atoms with Crippen molar-refractivity contribution in [3.8, 4) is 6.07 Å². The Labute approximate surface area is 225 Å². The number of halogens is 1. The van der Waals surface area contributed by atoms with Crippen LogP contribution in [0, 0.1) is 23.1 Å². The molecule has 38 heavy (non-hydrogen) atoms. The van der Waals surface area contributed by atoms with E-state index in [1.807, 2.05) is 13.0 Å². The second-order valence-electron chi connectivity index (χ2n) is 10.2. The van der Waals surface area contributed by atoms with E-state index >= 15 is 4.39 Å². The van der Waals surface area contributed by atoms with Crippen molar-refractivity contribution >= 4 is 34.6 Å². The van der Waals surface area contributed by atoms with E-state index in [9.17, 15) is 9.59 Å². The number of aliphatic imine (C=N–C) groups is 1. The summed E-state index contributed by atoms with van der Waals surface area (Å²) >= 11 is 1.39. The fraction of sp³-hybridized carbons (Fsp3) is 0.444. The third-order valence-electron chi connectivity index (χ3n) is 6.31. The summed E-state index contributed by atoms with van der Waals surface area (Å²) < 4.78 is 26.8. The summed E-state index contributed by atoms with van der Waals surface area (Å²) in [5.41, 5.74) is -0.518. The monoisotopic (exact) mass is 539 g/mol. The van der Waals surface area contributed by atoms with Gasteiger partial charge in [-0.25, -0.2) is 14.2 Å². The highest BCUT2D eigenvalue weighted by atomic mass is 32.2. The predicted molar refractivity (Wildman–Crippen MR) is 142 cm³/mol. The Bertz CT molecular complexity index is 1290. The second-order valence-corrected chi connectivity index (χ2v) is 11.2. The first-order chi connectivity index (χ1) is 18.0. The van der Waals surface area contributed by atoms with Crippen LogP contribution in [0.3, 0.4) is 0 Å². The maximum atomic E-state index is 15.5. The number of aromatic nitrogens is 1. The molecule has 11 heteroatoms. The summed E-state index contributed by atoms with van der Waals surface area (Å²) in [5.74, 6) is -0.402. The third kappa shape index (κ3) is 6.14. The normalized spacial score (nSPS) is 22.6. The van der Waals surface area contributed by atoms with Crippen LogP contribution in [0.2, 0.25) is 0 Å². The highest BCUT2D eigenvalue weighted by Gasteiger charge is 2.52. The number of carbonyl (C=O) groups is 2. The summed E-state index contributed by atoms with van der Waals surface area (Å²) in [6, 6.07) is 9.27. The van der Waals surface area contributed by atoms with E-state index in [4.69, 9.17) is 19.7 Å². The van der Waals surface area contributed by atoms with Crippen LogP contribution in [0.5, 0.6) is 0 Å². The molecule has 1 aliphatic heterocycles. The number of anilines is 1. The molecule has 1 aromatic heterocycles. The number of pyridine rings is 1. The lowest BCUT2D eigenvalue weighted by Crippen LogP contribution is -2.42. The van der Waals surface area contributed by atoms with Gasteiger partial charge >= 0.3 is 6.09 Å². The van der Waals surface area contributed by atoms with Crippen LogP contribution in [0.4, 0.5) is 14.9 Å². The van der Waals surface area contributed by atoms with E-state index in [1.165, 1.54) is 42.2 Å². The summed E-state index contributed by atoms with van der Waals surface area (Å²) in [4.78, 5) is 34.1. The van der Waals surface area contributed by atoms with Gasteiger partial charge in [0, 0.05) is 42.1 Å². The van der Waals surface area contributed by atoms with E-state index in [0.29, 0.717) is 47.2 Å². The Morgan fingerprint density at radius 2 is 2.05 bits per heavy atom. The molecule has 2 N–H and O–H groups in total. The van der Waals surface area contributed by atoms with Crippen LogP contribution >= 0.6 is 11.8 Å². The van der Waals surface area contributed by atoms with E-state index < -0.39 is 29.0 Å². The zero-order valence-electron chi connectivity index (χ0n) is 21.7. The first-order valence-electron chi connectivity index (χ1n) is 12.3. The molecule has 0 bridgehead atoms. The molecule has 2 aromatic rings. The Morgan fingerprint density at radius 3 is 2.71 bits per heavy atom. The molecule has 4 rings (SSSR count). The van der Waals surface area contributed by atoms with Gasteiger partial charge < -0.3 is 14.8 Å². The number of thioether (sulfide) groups is 1. The van der Waals surface area contributed by atoms with E-state index in [1.54, 1.807) is 26.8 Å². The van der Waals surface area contributed by atoms with Crippen LogP contribution in [0.1, 0.15) is 62.2 Å². The van der Waals surface area contributed by atoms with Crippen molar-refractivity contribution in [1.29, 1.82) is 5.26 Å². The summed E-state index contributed by atoms with van der Waals surface area (Å²) in [6.45, 7) is 7.74. The third-order valence-corrected chi connectivity index (χ3v) is 7.35. The van der Waals surface area contributed by atoms with E-state index in [2.05, 4.69) is 15.6 Å². The Morgan fingerprint density at radius 1 is 1.26 bits per heavy atom. The molecule has 0 spiro atoms. The van der Waals surface area contributed by atoms with Gasteiger partial charge in [0.05, 0.1) is 17.2 Å². The number of alkyl carbamates (subject to hydrolysis) is 1. The number of rotatable bonds is 5. The summed E-state index contributed by atoms with van der Waals surface area (Å²) in [7, 11) is 0. The minimum Gasteiger partial charge on any atom is -0.444 e. The van der Waals surface area contributed by atoms with Crippen LogP contribution in [0.25, 0.3) is 0 Å². The zero-order valence-corrected chi connectivity index (χ0v) is 22.5. The first kappa shape index (κ1) is 27.5. The number of fused-ring (bicyclic) bond motifs is 1. The predicted octanol–water partition coefficient (Wildman–Crippen LogP) is 4.98. The molecule has 3 atom stereocenters. The molecular formula is C27H30FN5O4S. The van der Waals surface area contributed by atoms with Gasteiger partial charge in [-0.2, -0.15) is 5.26 Å². The molecule has 0 unspecified atom stereocenters. The molecule has 0 radical (unpaired) electrons. The molecule has 9 nitrogen and oxygen atoms in total. The summed E-state index contributed by atoms with van der Waals surface area (Å²) in [6.07, 6.45) is 1.67. The van der Waals surface area contributed by atoms with Crippen molar-refractivity contribution < 1.29 is 23.5 Å². The first-order valence-corrected chi connectivity index (χ1v) is 13.3. The van der Waals surface area contributed by atoms with E-state index in [-0.39, 0.29) is 17.7 Å². The van der Waals surface area contributed by atoms with Gasteiger partial charge in [-0.1, -0.05) is 11.8 Å². The standard InChI is InChI=1S/C27H30FN5O4S/c1-5-36-19-10-17-15-38-24(32-25(35)37-26(2,3)4)33-27(17,12-19)20-11-18(7-8-21(20)28)31-23(34)22-9-6-16(13-29)14-30-22/h6-9,11,14,17,19H,5,10,12,15H2,1-4H3,(H,31,34)(H,32,33,35)/t17-,19-,27-/m0/s1. The average Bonchev–Trinajstić information content (AvgIpc) is 3.22. The molecule has 1 fully saturated rings. The van der Waals surface area contributed by atoms with Crippen LogP contribution in [-0.4, -0.2) is 46.2 Å². The van der Waals surface area contributed by atoms with Gasteiger partial charge in [0.15, 0.2) is 5.17 Å². The largest absolute Gasteiger partial charge is 0.444 e. The van der Waals surface area contributed by atoms with Gasteiger partial charge in [0.1, 0.15) is 23.2 Å². The topological polar surface area (TPSA) is 126 Å². The maximum Gasteiger partial charge on any atom is 0.413 e. The number of nitrogens with zero attached hydrogens (tertiary/aromatic N) is 3. The van der Waals surface area contributed by atoms with Gasteiger partial charge in [0.2, 0.25) is 0 Å². The van der Waals surface area contributed by atoms with Crippen molar-refractivity contribution in [2.24, 2.45) is 10.9 Å². The number of amides is 2. The lowest BCUT2D eigenvalue weighted by Gasteiger charge is -2.36. The SMILES string of the molecule is CCO[C@H]1C[C@H]2CSC(NC(=O)OC(C)(C)C)=N[C@@]2(c2cc(NC(=O)c3ccc(C#N)cn3)ccc2F)C1. The van der Waals surface area contributed by atoms with Crippen LogP contribution in [-0.2, 0) is 15.0 Å². The number of amidine groups is 1. The minimum atomic E-state index is -0.993. The van der Waals surface area contributed by atoms with Crippen molar-refractivity contribution in [2.45, 2.75) is 57.8 Å². The van der Waals surface area contributed by atoms with Gasteiger partial charge in [0.25, 0.3) is 5.91 Å². The smallest absolute Gasteiger partial charge is 0.413 e. The molecule has 200 valence electrons. The lowest BCUT2D eigenvalue weighted by atomic mass is 9.81. The quantitative estimate of drug-likeness (QED) is 0.549. The van der Waals surface area contributed by atoms with Gasteiger partial charge in [-0.05, 0) is 64.4 Å². The Balaban J connectivity index is 1.67. The van der Waals surface area contributed by atoms with Gasteiger partial charge in [-0.15, -0.1) is 0 Å². The number of nitriles is 1. The number of hydrogen-bond acceptors (Lipinski definition) is 8. The number of carbonyl (C=O) groups excluding carboxylic acids is 2. The highest BCUT2D eigenvalue weighted by Crippen LogP contribution is 2.52. The van der Waals surface area contributed by atoms with E-state index in [0.717, 1.165) is 0 Å². The molecule has 2 aliphatic rings. The minimum absolute atomic E-state index is 0.0473. The zero-order chi connectivity index (χ0) is 27.5. The van der Waals surface area contributed by atoms with Crippen molar-refractivity contribution in [1.82, 2.24) is 10.3 Å². The van der Waals surface area contributed by atoms with Crippen LogP contribution in [0.15, 0.2) is 41.5 Å².